The number of likely N-dealkylation sites (N-methyl/N-ethyl adjacent to an activating group) is 1. The topological polar surface area (TPSA) is 58.1 Å². The summed E-state index contributed by atoms with van der Waals surface area (Å²) in [5.41, 5.74) is 1.73. The lowest BCUT2D eigenvalue weighted by molar-refractivity contribution is -0.121. The van der Waals surface area contributed by atoms with Crippen LogP contribution in [0.15, 0.2) is 40.0 Å². The molecule has 1 aliphatic heterocycles. The Labute approximate surface area is 136 Å². The maximum atomic E-state index is 12.6. The zero-order valence-electron chi connectivity index (χ0n) is 12.0. The number of carbonyl (C=O) groups is 1. The molecule has 1 saturated heterocycles. The summed E-state index contributed by atoms with van der Waals surface area (Å²) in [5.74, 6) is -0.179. The summed E-state index contributed by atoms with van der Waals surface area (Å²) in [4.78, 5) is 26.5. The molecule has 1 aliphatic rings. The molecule has 2 aromatic rings. The van der Waals surface area contributed by atoms with Crippen LogP contribution in [0.25, 0.3) is 11.8 Å². The van der Waals surface area contributed by atoms with Crippen molar-refractivity contribution in [2.24, 2.45) is 0 Å². The number of benzene rings is 1. The molecule has 2 heterocycles. The van der Waals surface area contributed by atoms with E-state index in [1.165, 1.54) is 21.3 Å². The van der Waals surface area contributed by atoms with E-state index in [1.54, 1.807) is 20.0 Å². The number of rotatable bonds is 2. The van der Waals surface area contributed by atoms with Crippen LogP contribution in [0.4, 0.5) is 0 Å². The summed E-state index contributed by atoms with van der Waals surface area (Å²) >= 11 is 6.30. The second-order valence-electron chi connectivity index (χ2n) is 4.87. The third-order valence-corrected chi connectivity index (χ3v) is 4.88. The first-order valence-corrected chi connectivity index (χ1v) is 7.80. The largest absolute Gasteiger partial charge is 0.296 e. The summed E-state index contributed by atoms with van der Waals surface area (Å²) in [6, 6.07) is 9.29. The van der Waals surface area contributed by atoms with Gasteiger partial charge in [0.15, 0.2) is 0 Å². The van der Waals surface area contributed by atoms with Gasteiger partial charge in [0.05, 0.1) is 16.2 Å². The Morgan fingerprint density at radius 3 is 2.50 bits per heavy atom. The van der Waals surface area contributed by atoms with Crippen molar-refractivity contribution in [1.82, 2.24) is 14.7 Å². The highest BCUT2D eigenvalue weighted by atomic mass is 32.2. The minimum atomic E-state index is -0.190. The van der Waals surface area contributed by atoms with E-state index >= 15 is 0 Å². The zero-order valence-corrected chi connectivity index (χ0v) is 13.6. The van der Waals surface area contributed by atoms with Crippen LogP contribution in [0.2, 0.25) is 0 Å². The molecule has 3 rings (SSSR count). The smallest absolute Gasteiger partial charge is 0.278 e. The van der Waals surface area contributed by atoms with Gasteiger partial charge in [0.25, 0.3) is 11.5 Å². The number of hydrogen-bond acceptors (Lipinski definition) is 4. The normalized spacial score (nSPS) is 16.8. The van der Waals surface area contributed by atoms with Gasteiger partial charge in [-0.2, -0.15) is 0 Å². The number of para-hydroxylation sites is 1. The van der Waals surface area contributed by atoms with E-state index in [4.69, 9.17) is 12.2 Å². The van der Waals surface area contributed by atoms with Crippen molar-refractivity contribution in [3.63, 3.8) is 0 Å². The van der Waals surface area contributed by atoms with Gasteiger partial charge in [0, 0.05) is 12.7 Å². The molecule has 1 aromatic heterocycles. The number of aromatic nitrogens is 2. The fourth-order valence-electron chi connectivity index (χ4n) is 2.17. The van der Waals surface area contributed by atoms with Crippen LogP contribution in [-0.2, 0) is 4.79 Å². The van der Waals surface area contributed by atoms with E-state index in [-0.39, 0.29) is 11.5 Å². The van der Waals surface area contributed by atoms with Gasteiger partial charge in [0.1, 0.15) is 4.32 Å². The Hall–Kier alpha value is -2.12. The van der Waals surface area contributed by atoms with Crippen molar-refractivity contribution in [1.29, 1.82) is 0 Å². The predicted octanol–water partition coefficient (Wildman–Crippen LogP) is 2.31. The van der Waals surface area contributed by atoms with Gasteiger partial charge in [0.2, 0.25) is 0 Å². The number of nitrogens with zero attached hydrogens (tertiary/aromatic N) is 2. The minimum Gasteiger partial charge on any atom is -0.296 e. The van der Waals surface area contributed by atoms with E-state index in [1.807, 2.05) is 30.3 Å². The monoisotopic (exact) mass is 331 g/mol. The van der Waals surface area contributed by atoms with E-state index < -0.39 is 0 Å². The molecule has 0 atom stereocenters. The van der Waals surface area contributed by atoms with Crippen molar-refractivity contribution in [2.75, 3.05) is 7.05 Å². The van der Waals surface area contributed by atoms with Crippen LogP contribution >= 0.6 is 24.0 Å². The summed E-state index contributed by atoms with van der Waals surface area (Å²) in [5, 5.41) is 3.03. The van der Waals surface area contributed by atoms with Gasteiger partial charge in [-0.1, -0.05) is 42.2 Å². The van der Waals surface area contributed by atoms with Crippen LogP contribution in [-0.4, -0.2) is 32.0 Å². The van der Waals surface area contributed by atoms with Crippen molar-refractivity contribution in [3.8, 4) is 5.69 Å². The number of aryl methyl sites for hydroxylation is 1. The molecule has 112 valence electrons. The van der Waals surface area contributed by atoms with Gasteiger partial charge < -0.3 is 0 Å². The second kappa shape index (κ2) is 5.58. The highest BCUT2D eigenvalue weighted by molar-refractivity contribution is 8.26. The Morgan fingerprint density at radius 2 is 1.91 bits per heavy atom. The fourth-order valence-corrected chi connectivity index (χ4v) is 3.33. The lowest BCUT2D eigenvalue weighted by Crippen LogP contribution is -2.22. The third kappa shape index (κ3) is 2.42. The summed E-state index contributed by atoms with van der Waals surface area (Å²) < 4.78 is 1.96. The first-order valence-electron chi connectivity index (χ1n) is 6.57. The van der Waals surface area contributed by atoms with Crippen LogP contribution in [0, 0.1) is 6.92 Å². The number of amides is 1. The molecule has 1 fully saturated rings. The molecule has 1 amide bonds. The number of H-pyrrole nitrogens is 1. The molecule has 0 radical (unpaired) electrons. The Morgan fingerprint density at radius 1 is 1.23 bits per heavy atom. The summed E-state index contributed by atoms with van der Waals surface area (Å²) in [6.07, 6.45) is 1.61. The number of nitrogens with one attached hydrogen (secondary N) is 1. The number of thiocarbonyl (C=S) groups is 1. The molecule has 0 spiro atoms. The quantitative estimate of drug-likeness (QED) is 0.678. The first-order chi connectivity index (χ1) is 10.5. The van der Waals surface area contributed by atoms with Crippen molar-refractivity contribution < 1.29 is 4.79 Å². The number of aromatic amines is 1. The van der Waals surface area contributed by atoms with Gasteiger partial charge in [-0.05, 0) is 25.1 Å². The van der Waals surface area contributed by atoms with E-state index in [0.717, 1.165) is 5.69 Å². The summed E-state index contributed by atoms with van der Waals surface area (Å²) in [7, 11) is 1.63. The highest BCUT2D eigenvalue weighted by Crippen LogP contribution is 2.31. The average molecular weight is 331 g/mol. The Kier molecular flexibility index (Phi) is 3.76. The molecule has 1 N–H and O–H groups in total. The predicted molar refractivity (Wildman–Crippen MR) is 92.1 cm³/mol. The Balaban J connectivity index is 2.07. The molecule has 7 heteroatoms. The molecule has 0 aliphatic carbocycles. The second-order valence-corrected chi connectivity index (χ2v) is 6.54. The standard InChI is InChI=1S/C15H13N3O2S2/c1-9-11(8-12-14(20)17(2)15(21)22-12)13(19)18(16-9)10-6-4-3-5-7-10/h3-8,16H,1-2H3/b12-8-. The van der Waals surface area contributed by atoms with E-state index in [2.05, 4.69) is 5.10 Å². The first kappa shape index (κ1) is 14.8. The highest BCUT2D eigenvalue weighted by Gasteiger charge is 2.29. The maximum Gasteiger partial charge on any atom is 0.278 e. The number of carbonyl (C=O) groups excluding carboxylic acids is 1. The van der Waals surface area contributed by atoms with Crippen molar-refractivity contribution >= 4 is 40.3 Å². The lowest BCUT2D eigenvalue weighted by atomic mass is 10.2. The van der Waals surface area contributed by atoms with Crippen LogP contribution in [0.3, 0.4) is 0 Å². The third-order valence-electron chi connectivity index (χ3n) is 3.39. The molecule has 0 unspecified atom stereocenters. The maximum absolute atomic E-state index is 12.6. The lowest BCUT2D eigenvalue weighted by Gasteiger charge is -2.03. The SMILES string of the molecule is Cc1[nH]n(-c2ccccc2)c(=O)c1/C=C1\SC(=S)N(C)C1=O. The number of hydrogen-bond donors (Lipinski definition) is 1. The molecular weight excluding hydrogens is 318 g/mol. The fraction of sp³-hybridized carbons (Fsp3) is 0.133. The molecule has 0 bridgehead atoms. The van der Waals surface area contributed by atoms with E-state index in [0.29, 0.717) is 20.5 Å². The molecular formula is C15H13N3O2S2. The number of thioether (sulfide) groups is 1. The zero-order chi connectivity index (χ0) is 15.9. The van der Waals surface area contributed by atoms with Crippen molar-refractivity contribution in [2.45, 2.75) is 6.92 Å². The molecule has 5 nitrogen and oxygen atoms in total. The van der Waals surface area contributed by atoms with E-state index in [9.17, 15) is 9.59 Å². The minimum absolute atomic E-state index is 0.179. The van der Waals surface area contributed by atoms with Crippen LogP contribution in [0.1, 0.15) is 11.3 Å². The van der Waals surface area contributed by atoms with Crippen LogP contribution in [0.5, 0.6) is 0 Å². The van der Waals surface area contributed by atoms with Gasteiger partial charge in [-0.3, -0.25) is 19.6 Å². The van der Waals surface area contributed by atoms with Gasteiger partial charge >= 0.3 is 0 Å². The van der Waals surface area contributed by atoms with Gasteiger partial charge in [-0.25, -0.2) is 4.68 Å². The molecule has 1 aromatic carbocycles. The van der Waals surface area contributed by atoms with Crippen LogP contribution < -0.4 is 5.56 Å². The summed E-state index contributed by atoms with van der Waals surface area (Å²) in [6.45, 7) is 1.80. The van der Waals surface area contributed by atoms with Crippen molar-refractivity contribution in [3.05, 3.63) is 56.8 Å². The van der Waals surface area contributed by atoms with Gasteiger partial charge in [-0.15, -0.1) is 0 Å². The Bertz CT molecular complexity index is 849. The average Bonchev–Trinajstić information content (AvgIpc) is 2.93. The molecule has 22 heavy (non-hydrogen) atoms. The molecule has 0 saturated carbocycles.